The van der Waals surface area contributed by atoms with Gasteiger partial charge in [-0.25, -0.2) is 4.79 Å². The number of carboxylic acid groups (broad SMARTS) is 1. The summed E-state index contributed by atoms with van der Waals surface area (Å²) in [7, 11) is 0. The van der Waals surface area contributed by atoms with E-state index in [9.17, 15) is 14.7 Å². The van der Waals surface area contributed by atoms with Crippen LogP contribution in [0.15, 0.2) is 18.3 Å². The lowest BCUT2D eigenvalue weighted by Crippen LogP contribution is -2.56. The normalized spacial score (nSPS) is 27.7. The summed E-state index contributed by atoms with van der Waals surface area (Å²) in [4.78, 5) is 26.2. The Kier molecular flexibility index (Phi) is 3.41. The van der Waals surface area contributed by atoms with Crippen LogP contribution in [-0.2, 0) is 4.79 Å². The zero-order chi connectivity index (χ0) is 13.2. The topological polar surface area (TPSA) is 82.2 Å². The van der Waals surface area contributed by atoms with E-state index in [0.29, 0.717) is 24.5 Å². The maximum atomic E-state index is 12.0. The highest BCUT2D eigenvalue weighted by molar-refractivity contribution is 5.96. The average molecular weight is 250 g/mol. The van der Waals surface area contributed by atoms with Crippen LogP contribution in [0.2, 0.25) is 0 Å². The van der Waals surface area contributed by atoms with E-state index in [0.717, 1.165) is 12.8 Å². The van der Waals surface area contributed by atoms with Crippen molar-refractivity contribution in [3.05, 3.63) is 24.0 Å². The Morgan fingerprint density at radius 2 is 2.11 bits per heavy atom. The number of carbonyl (C=O) groups excluding carboxylic acids is 1. The number of carbonyl (C=O) groups is 2. The zero-order valence-electron chi connectivity index (χ0n) is 10.4. The van der Waals surface area contributed by atoms with Gasteiger partial charge in [0.15, 0.2) is 0 Å². The molecule has 0 spiro atoms. The van der Waals surface area contributed by atoms with Gasteiger partial charge in [-0.2, -0.15) is 0 Å². The summed E-state index contributed by atoms with van der Waals surface area (Å²) in [6.45, 7) is 2.11. The number of aromatic nitrogens is 1. The fourth-order valence-electron chi connectivity index (χ4n) is 2.40. The molecule has 0 bridgehead atoms. The SMILES string of the molecule is CC1CCC(NC(=O)c2ccc[nH]2)(C(=O)O)CC1. The molecule has 1 fully saturated rings. The Hall–Kier alpha value is -1.78. The Morgan fingerprint density at radius 1 is 1.44 bits per heavy atom. The Labute approximate surface area is 106 Å². The molecule has 0 aliphatic heterocycles. The van der Waals surface area contributed by atoms with Crippen LogP contribution in [0.4, 0.5) is 0 Å². The number of nitrogens with one attached hydrogen (secondary N) is 2. The van der Waals surface area contributed by atoms with Crippen molar-refractivity contribution in [3.63, 3.8) is 0 Å². The number of hydrogen-bond acceptors (Lipinski definition) is 2. The van der Waals surface area contributed by atoms with E-state index in [1.54, 1.807) is 18.3 Å². The number of H-pyrrole nitrogens is 1. The van der Waals surface area contributed by atoms with Crippen molar-refractivity contribution in [2.45, 2.75) is 38.1 Å². The van der Waals surface area contributed by atoms with Crippen molar-refractivity contribution in [2.75, 3.05) is 0 Å². The van der Waals surface area contributed by atoms with Gasteiger partial charge in [-0.15, -0.1) is 0 Å². The van der Waals surface area contributed by atoms with E-state index in [2.05, 4.69) is 17.2 Å². The fourth-order valence-corrected chi connectivity index (χ4v) is 2.40. The lowest BCUT2D eigenvalue weighted by molar-refractivity contribution is -0.146. The predicted molar refractivity (Wildman–Crippen MR) is 66.3 cm³/mol. The van der Waals surface area contributed by atoms with Gasteiger partial charge in [0.2, 0.25) is 0 Å². The first kappa shape index (κ1) is 12.7. The maximum absolute atomic E-state index is 12.0. The number of carboxylic acids is 1. The van der Waals surface area contributed by atoms with Crippen LogP contribution in [-0.4, -0.2) is 27.5 Å². The van der Waals surface area contributed by atoms with Gasteiger partial charge in [-0.05, 0) is 43.7 Å². The third-order valence-electron chi connectivity index (χ3n) is 3.73. The molecule has 1 aliphatic rings. The molecule has 0 radical (unpaired) electrons. The third-order valence-corrected chi connectivity index (χ3v) is 3.73. The molecule has 98 valence electrons. The summed E-state index contributed by atoms with van der Waals surface area (Å²) in [5.41, 5.74) is -0.705. The Bertz CT molecular complexity index is 431. The van der Waals surface area contributed by atoms with Crippen molar-refractivity contribution in [1.29, 1.82) is 0 Å². The molecule has 5 heteroatoms. The van der Waals surface area contributed by atoms with Gasteiger partial charge in [-0.3, -0.25) is 4.79 Å². The van der Waals surface area contributed by atoms with Gasteiger partial charge in [0.05, 0.1) is 0 Å². The fraction of sp³-hybridized carbons (Fsp3) is 0.538. The quantitative estimate of drug-likeness (QED) is 0.764. The lowest BCUT2D eigenvalue weighted by Gasteiger charge is -2.36. The first-order valence-corrected chi connectivity index (χ1v) is 6.23. The van der Waals surface area contributed by atoms with Gasteiger partial charge >= 0.3 is 5.97 Å². The van der Waals surface area contributed by atoms with E-state index in [1.165, 1.54) is 0 Å². The van der Waals surface area contributed by atoms with Gasteiger partial charge in [0.25, 0.3) is 5.91 Å². The molecule has 1 aromatic heterocycles. The first-order valence-electron chi connectivity index (χ1n) is 6.23. The molecule has 1 saturated carbocycles. The molecule has 0 atom stereocenters. The number of aromatic amines is 1. The van der Waals surface area contributed by atoms with Gasteiger partial charge in [-0.1, -0.05) is 6.92 Å². The van der Waals surface area contributed by atoms with E-state index >= 15 is 0 Å². The molecule has 0 aromatic carbocycles. The van der Waals surface area contributed by atoms with Crippen molar-refractivity contribution in [2.24, 2.45) is 5.92 Å². The number of rotatable bonds is 3. The largest absolute Gasteiger partial charge is 0.480 e. The zero-order valence-corrected chi connectivity index (χ0v) is 10.4. The highest BCUT2D eigenvalue weighted by Gasteiger charge is 2.42. The molecule has 1 heterocycles. The average Bonchev–Trinajstić information content (AvgIpc) is 2.85. The van der Waals surface area contributed by atoms with Gasteiger partial charge in [0, 0.05) is 6.20 Å². The summed E-state index contributed by atoms with van der Waals surface area (Å²) in [5, 5.41) is 12.1. The summed E-state index contributed by atoms with van der Waals surface area (Å²) < 4.78 is 0. The molecule has 3 N–H and O–H groups in total. The minimum absolute atomic E-state index is 0.350. The molecule has 1 aromatic rings. The number of hydrogen-bond donors (Lipinski definition) is 3. The predicted octanol–water partition coefficient (Wildman–Crippen LogP) is 1.78. The molecule has 18 heavy (non-hydrogen) atoms. The molecular weight excluding hydrogens is 232 g/mol. The van der Waals surface area contributed by atoms with Crippen LogP contribution >= 0.6 is 0 Å². The molecule has 0 saturated heterocycles. The van der Waals surface area contributed by atoms with Crippen LogP contribution < -0.4 is 5.32 Å². The third kappa shape index (κ3) is 2.39. The number of aliphatic carboxylic acids is 1. The lowest BCUT2D eigenvalue weighted by atomic mass is 9.77. The highest BCUT2D eigenvalue weighted by Crippen LogP contribution is 2.32. The molecule has 2 rings (SSSR count). The summed E-state index contributed by atoms with van der Waals surface area (Å²) >= 11 is 0. The molecular formula is C13H18N2O3. The molecule has 5 nitrogen and oxygen atoms in total. The minimum atomic E-state index is -1.10. The monoisotopic (exact) mass is 250 g/mol. The van der Waals surface area contributed by atoms with Crippen LogP contribution in [0, 0.1) is 5.92 Å². The first-order chi connectivity index (χ1) is 8.53. The summed E-state index contributed by atoms with van der Waals surface area (Å²) in [5.74, 6) is -0.758. The van der Waals surface area contributed by atoms with E-state index < -0.39 is 11.5 Å². The summed E-state index contributed by atoms with van der Waals surface area (Å²) in [6.07, 6.45) is 4.30. The summed E-state index contributed by atoms with van der Waals surface area (Å²) in [6, 6.07) is 3.35. The van der Waals surface area contributed by atoms with E-state index in [1.807, 2.05) is 0 Å². The van der Waals surface area contributed by atoms with E-state index in [-0.39, 0.29) is 5.91 Å². The standard InChI is InChI=1S/C13H18N2O3/c1-9-4-6-13(7-5-9,12(17)18)15-11(16)10-3-2-8-14-10/h2-3,8-9,14H,4-7H2,1H3,(H,15,16)(H,17,18). The van der Waals surface area contributed by atoms with Crippen LogP contribution in [0.3, 0.4) is 0 Å². The van der Waals surface area contributed by atoms with Crippen LogP contribution in [0.1, 0.15) is 43.1 Å². The second kappa shape index (κ2) is 4.84. The maximum Gasteiger partial charge on any atom is 0.329 e. The van der Waals surface area contributed by atoms with Gasteiger partial charge in [0.1, 0.15) is 11.2 Å². The minimum Gasteiger partial charge on any atom is -0.480 e. The number of amides is 1. The van der Waals surface area contributed by atoms with Crippen molar-refractivity contribution < 1.29 is 14.7 Å². The van der Waals surface area contributed by atoms with Crippen LogP contribution in [0.5, 0.6) is 0 Å². The van der Waals surface area contributed by atoms with Crippen molar-refractivity contribution in [3.8, 4) is 0 Å². The molecule has 1 amide bonds. The van der Waals surface area contributed by atoms with Gasteiger partial charge < -0.3 is 15.4 Å². The van der Waals surface area contributed by atoms with Crippen molar-refractivity contribution in [1.82, 2.24) is 10.3 Å². The molecule has 0 unspecified atom stereocenters. The smallest absolute Gasteiger partial charge is 0.329 e. The second-order valence-electron chi connectivity index (χ2n) is 5.11. The van der Waals surface area contributed by atoms with Crippen molar-refractivity contribution >= 4 is 11.9 Å². The molecule has 1 aliphatic carbocycles. The van der Waals surface area contributed by atoms with Crippen LogP contribution in [0.25, 0.3) is 0 Å². The Morgan fingerprint density at radius 3 is 2.61 bits per heavy atom. The Balaban J connectivity index is 2.12. The highest BCUT2D eigenvalue weighted by atomic mass is 16.4. The second-order valence-corrected chi connectivity index (χ2v) is 5.11. The van der Waals surface area contributed by atoms with E-state index in [4.69, 9.17) is 0 Å².